The molecule has 1 aliphatic rings. The molecule has 0 aliphatic carbocycles. The number of sulfone groups is 2. The largest absolute Gasteiger partial charge is 0.308 e. The average Bonchev–Trinajstić information content (AvgIpc) is 2.90. The molecule has 1 heterocycles. The van der Waals surface area contributed by atoms with Crippen LogP contribution in [0.25, 0.3) is 0 Å². The zero-order valence-corrected chi connectivity index (χ0v) is 15.9. The van der Waals surface area contributed by atoms with E-state index in [9.17, 15) is 21.2 Å². The first-order valence-corrected chi connectivity index (χ1v) is 11.5. The third-order valence-corrected chi connectivity index (χ3v) is 8.70. The Morgan fingerprint density at radius 2 is 1.65 bits per heavy atom. The van der Waals surface area contributed by atoms with E-state index in [1.165, 1.54) is 12.1 Å². The maximum atomic E-state index is 13.1. The van der Waals surface area contributed by atoms with Gasteiger partial charge in [0.05, 0.1) is 21.7 Å². The van der Waals surface area contributed by atoms with Gasteiger partial charge in [-0.25, -0.2) is 21.2 Å². The first-order valence-electron chi connectivity index (χ1n) is 8.16. The van der Waals surface area contributed by atoms with Crippen LogP contribution in [-0.4, -0.2) is 39.6 Å². The van der Waals surface area contributed by atoms with E-state index in [2.05, 4.69) is 5.32 Å². The molecule has 2 atom stereocenters. The molecule has 2 aromatic rings. The van der Waals surface area contributed by atoms with Crippen LogP contribution in [0, 0.1) is 12.7 Å². The minimum atomic E-state index is -3.90. The van der Waals surface area contributed by atoms with Gasteiger partial charge in [-0.2, -0.15) is 0 Å². The van der Waals surface area contributed by atoms with E-state index in [4.69, 9.17) is 0 Å². The van der Waals surface area contributed by atoms with Crippen molar-refractivity contribution >= 4 is 19.7 Å². The second-order valence-corrected chi connectivity index (χ2v) is 10.9. The third-order valence-electron chi connectivity index (χ3n) is 4.53. The van der Waals surface area contributed by atoms with Crippen molar-refractivity contribution < 1.29 is 21.2 Å². The molecule has 26 heavy (non-hydrogen) atoms. The Morgan fingerprint density at radius 1 is 1.04 bits per heavy atom. The molecule has 1 fully saturated rings. The molecule has 0 saturated carbocycles. The molecular formula is C18H20FNO4S2. The van der Waals surface area contributed by atoms with Crippen molar-refractivity contribution in [2.75, 3.05) is 11.5 Å². The lowest BCUT2D eigenvalue weighted by molar-refractivity contribution is 0.526. The summed E-state index contributed by atoms with van der Waals surface area (Å²) in [4.78, 5) is -0.0665. The summed E-state index contributed by atoms with van der Waals surface area (Å²) in [6.07, 6.45) is 0. The molecule has 3 rings (SSSR count). The van der Waals surface area contributed by atoms with Crippen LogP contribution in [-0.2, 0) is 26.2 Å². The molecule has 0 amide bonds. The lowest BCUT2D eigenvalue weighted by Gasteiger charge is -2.20. The second-order valence-electron chi connectivity index (χ2n) is 6.59. The molecule has 1 aliphatic heterocycles. The van der Waals surface area contributed by atoms with Crippen molar-refractivity contribution in [1.29, 1.82) is 0 Å². The summed E-state index contributed by atoms with van der Waals surface area (Å²) in [6, 6.07) is 11.5. The average molecular weight is 397 g/mol. The molecular weight excluding hydrogens is 377 g/mol. The van der Waals surface area contributed by atoms with Gasteiger partial charge in [0.15, 0.2) is 19.7 Å². The molecule has 0 aromatic heterocycles. The van der Waals surface area contributed by atoms with Crippen LogP contribution in [0.1, 0.15) is 11.1 Å². The minimum Gasteiger partial charge on any atom is -0.308 e. The maximum Gasteiger partial charge on any atom is 0.183 e. The van der Waals surface area contributed by atoms with Crippen molar-refractivity contribution in [1.82, 2.24) is 5.32 Å². The van der Waals surface area contributed by atoms with Crippen molar-refractivity contribution in [2.45, 2.75) is 29.7 Å². The maximum absolute atomic E-state index is 13.1. The van der Waals surface area contributed by atoms with Gasteiger partial charge in [0.2, 0.25) is 0 Å². The summed E-state index contributed by atoms with van der Waals surface area (Å²) in [5.74, 6) is -1.21. The monoisotopic (exact) mass is 397 g/mol. The van der Waals surface area contributed by atoms with E-state index >= 15 is 0 Å². The van der Waals surface area contributed by atoms with Gasteiger partial charge >= 0.3 is 0 Å². The number of rotatable bonds is 5. The lowest BCUT2D eigenvalue weighted by Crippen LogP contribution is -2.43. The van der Waals surface area contributed by atoms with Gasteiger partial charge in [-0.15, -0.1) is 0 Å². The Hall–Kier alpha value is -1.77. The van der Waals surface area contributed by atoms with Crippen LogP contribution in [0.5, 0.6) is 0 Å². The van der Waals surface area contributed by atoms with Crippen LogP contribution in [0.2, 0.25) is 0 Å². The Balaban J connectivity index is 1.83. The standard InChI is InChI=1S/C18H20FNO4S2/c1-13-2-4-14(5-3-13)10-20-17-11-25(21,22)12-18(17)26(23,24)16-8-6-15(19)7-9-16/h2-9,17-18,20H,10-12H2,1H3. The molecule has 2 unspecified atom stereocenters. The quantitative estimate of drug-likeness (QED) is 0.779. The Bertz CT molecular complexity index is 984. The molecule has 8 heteroatoms. The molecule has 5 nitrogen and oxygen atoms in total. The van der Waals surface area contributed by atoms with Crippen LogP contribution in [0.4, 0.5) is 4.39 Å². The first kappa shape index (κ1) is 19.0. The number of hydrogen-bond donors (Lipinski definition) is 1. The fourth-order valence-electron chi connectivity index (χ4n) is 3.07. The summed E-state index contributed by atoms with van der Waals surface area (Å²) < 4.78 is 63.0. The zero-order valence-electron chi connectivity index (χ0n) is 14.2. The summed E-state index contributed by atoms with van der Waals surface area (Å²) >= 11 is 0. The number of halogens is 1. The topological polar surface area (TPSA) is 80.3 Å². The molecule has 2 aromatic carbocycles. The highest BCUT2D eigenvalue weighted by Gasteiger charge is 2.45. The molecule has 1 N–H and O–H groups in total. The lowest BCUT2D eigenvalue weighted by atomic mass is 10.1. The summed E-state index contributed by atoms with van der Waals surface area (Å²) in [7, 11) is -7.37. The molecule has 140 valence electrons. The van der Waals surface area contributed by atoms with E-state index in [1.54, 1.807) is 0 Å². The number of hydrogen-bond acceptors (Lipinski definition) is 5. The number of benzene rings is 2. The van der Waals surface area contributed by atoms with Crippen LogP contribution >= 0.6 is 0 Å². The van der Waals surface area contributed by atoms with E-state index < -0.39 is 42.5 Å². The predicted molar refractivity (Wildman–Crippen MR) is 97.8 cm³/mol. The van der Waals surface area contributed by atoms with Gasteiger partial charge in [0.1, 0.15) is 5.82 Å². The number of aryl methyl sites for hydroxylation is 1. The van der Waals surface area contributed by atoms with E-state index in [0.29, 0.717) is 6.54 Å². The third kappa shape index (κ3) is 4.13. The summed E-state index contributed by atoms with van der Waals surface area (Å²) in [5.41, 5.74) is 2.05. The molecule has 1 saturated heterocycles. The first-order chi connectivity index (χ1) is 12.2. The zero-order chi connectivity index (χ0) is 18.9. The van der Waals surface area contributed by atoms with Crippen molar-refractivity contribution in [3.63, 3.8) is 0 Å². The van der Waals surface area contributed by atoms with E-state index in [0.717, 1.165) is 23.3 Å². The van der Waals surface area contributed by atoms with Gasteiger partial charge in [0, 0.05) is 12.6 Å². The van der Waals surface area contributed by atoms with Gasteiger partial charge in [0.25, 0.3) is 0 Å². The predicted octanol–water partition coefficient (Wildman–Crippen LogP) is 1.86. The smallest absolute Gasteiger partial charge is 0.183 e. The second kappa shape index (κ2) is 7.09. The Labute approximate surface area is 153 Å². The van der Waals surface area contributed by atoms with Crippen LogP contribution in [0.15, 0.2) is 53.4 Å². The van der Waals surface area contributed by atoms with Crippen LogP contribution in [0.3, 0.4) is 0 Å². The van der Waals surface area contributed by atoms with Crippen molar-refractivity contribution in [3.8, 4) is 0 Å². The van der Waals surface area contributed by atoms with Crippen LogP contribution < -0.4 is 5.32 Å². The molecule has 0 bridgehead atoms. The van der Waals surface area contributed by atoms with Crippen molar-refractivity contribution in [3.05, 3.63) is 65.5 Å². The summed E-state index contributed by atoms with van der Waals surface area (Å²) in [5, 5.41) is 1.98. The number of nitrogens with one attached hydrogen (secondary N) is 1. The van der Waals surface area contributed by atoms with Gasteiger partial charge in [-0.1, -0.05) is 29.8 Å². The fraction of sp³-hybridized carbons (Fsp3) is 0.333. The van der Waals surface area contributed by atoms with Crippen molar-refractivity contribution in [2.24, 2.45) is 0 Å². The SMILES string of the molecule is Cc1ccc(CNC2CS(=O)(=O)CC2S(=O)(=O)c2ccc(F)cc2)cc1. The fourth-order valence-corrected chi connectivity index (χ4v) is 7.78. The highest BCUT2D eigenvalue weighted by atomic mass is 32.2. The van der Waals surface area contributed by atoms with Gasteiger partial charge in [-0.05, 0) is 36.8 Å². The van der Waals surface area contributed by atoms with Gasteiger partial charge in [-0.3, -0.25) is 0 Å². The normalized spacial score (nSPS) is 22.4. The molecule has 0 radical (unpaired) electrons. The van der Waals surface area contributed by atoms with E-state index in [-0.39, 0.29) is 10.6 Å². The van der Waals surface area contributed by atoms with E-state index in [1.807, 2.05) is 31.2 Å². The van der Waals surface area contributed by atoms with Gasteiger partial charge < -0.3 is 5.32 Å². The highest BCUT2D eigenvalue weighted by Crippen LogP contribution is 2.26. The minimum absolute atomic E-state index is 0.0665. The summed E-state index contributed by atoms with van der Waals surface area (Å²) in [6.45, 7) is 2.34. The Kier molecular flexibility index (Phi) is 5.18. The Morgan fingerprint density at radius 3 is 2.27 bits per heavy atom. The molecule has 0 spiro atoms. The highest BCUT2D eigenvalue weighted by molar-refractivity contribution is 7.96.